The molecule has 0 atom stereocenters. The molecule has 0 heterocycles. The Balaban J connectivity index is 1.85. The van der Waals surface area contributed by atoms with Gasteiger partial charge in [-0.2, -0.15) is 0 Å². The summed E-state index contributed by atoms with van der Waals surface area (Å²) in [5, 5.41) is 3.28. The Morgan fingerprint density at radius 3 is 2.28 bits per heavy atom. The largest absolute Gasteiger partial charge is 0.325 e. The predicted molar refractivity (Wildman–Crippen MR) is 101 cm³/mol. The molecule has 2 aromatic carbocycles. The minimum Gasteiger partial charge on any atom is -0.325 e. The fourth-order valence-corrected chi connectivity index (χ4v) is 3.66. The van der Waals surface area contributed by atoms with Crippen LogP contribution in [-0.2, 0) is 14.6 Å². The second kappa shape index (κ2) is 8.47. The maximum atomic E-state index is 12.3. The van der Waals surface area contributed by atoms with E-state index in [-0.39, 0.29) is 29.6 Å². The quantitative estimate of drug-likeness (QED) is 0.801. The van der Waals surface area contributed by atoms with Crippen LogP contribution in [0.25, 0.3) is 0 Å². The van der Waals surface area contributed by atoms with Gasteiger partial charge in [0.25, 0.3) is 0 Å². The summed E-state index contributed by atoms with van der Waals surface area (Å²) in [6, 6.07) is 13.6. The van der Waals surface area contributed by atoms with Crippen LogP contribution in [0.2, 0.25) is 5.02 Å². The van der Waals surface area contributed by atoms with Gasteiger partial charge in [-0.05, 0) is 50.4 Å². The maximum Gasteiger partial charge on any atom is 0.238 e. The van der Waals surface area contributed by atoms with Crippen molar-refractivity contribution >= 4 is 33.0 Å². The predicted octanol–water partition coefficient (Wildman–Crippen LogP) is 2.99. The van der Waals surface area contributed by atoms with Crippen molar-refractivity contribution in [3.05, 3.63) is 59.1 Å². The average Bonchev–Trinajstić information content (AvgIpc) is 2.55. The summed E-state index contributed by atoms with van der Waals surface area (Å²) in [6.07, 6.45) is 0. The highest BCUT2D eigenvalue weighted by Gasteiger charge is 2.16. The van der Waals surface area contributed by atoms with Gasteiger partial charge in [0.1, 0.15) is 0 Å². The van der Waals surface area contributed by atoms with Crippen LogP contribution in [0.1, 0.15) is 5.56 Å². The first-order chi connectivity index (χ1) is 11.8. The van der Waals surface area contributed by atoms with Gasteiger partial charge in [0.05, 0.1) is 17.2 Å². The van der Waals surface area contributed by atoms with E-state index in [0.717, 1.165) is 11.3 Å². The molecule has 134 valence electrons. The molecule has 1 N–H and O–H groups in total. The van der Waals surface area contributed by atoms with Crippen molar-refractivity contribution in [2.24, 2.45) is 0 Å². The highest BCUT2D eigenvalue weighted by Crippen LogP contribution is 2.15. The Morgan fingerprint density at radius 2 is 1.68 bits per heavy atom. The number of anilines is 1. The summed E-state index contributed by atoms with van der Waals surface area (Å²) < 4.78 is 24.6. The highest BCUT2D eigenvalue weighted by molar-refractivity contribution is 7.91. The minimum absolute atomic E-state index is 0.0665. The van der Waals surface area contributed by atoms with Crippen molar-refractivity contribution in [2.45, 2.75) is 11.8 Å². The van der Waals surface area contributed by atoms with Crippen LogP contribution in [0.3, 0.4) is 0 Å². The van der Waals surface area contributed by atoms with E-state index in [1.807, 2.05) is 31.2 Å². The van der Waals surface area contributed by atoms with Crippen molar-refractivity contribution in [1.29, 1.82) is 0 Å². The van der Waals surface area contributed by atoms with E-state index in [1.165, 1.54) is 12.1 Å². The molecule has 0 unspecified atom stereocenters. The van der Waals surface area contributed by atoms with Crippen LogP contribution >= 0.6 is 11.6 Å². The normalized spacial score (nSPS) is 11.5. The Morgan fingerprint density at radius 1 is 1.08 bits per heavy atom. The Hall–Kier alpha value is -1.89. The molecule has 25 heavy (non-hydrogen) atoms. The van der Waals surface area contributed by atoms with Gasteiger partial charge in [-0.3, -0.25) is 9.69 Å². The van der Waals surface area contributed by atoms with Gasteiger partial charge < -0.3 is 5.32 Å². The van der Waals surface area contributed by atoms with Crippen LogP contribution in [-0.4, -0.2) is 45.1 Å². The van der Waals surface area contributed by atoms with E-state index >= 15 is 0 Å². The van der Waals surface area contributed by atoms with Gasteiger partial charge in [-0.15, -0.1) is 0 Å². The molecule has 0 bridgehead atoms. The zero-order valence-corrected chi connectivity index (χ0v) is 15.8. The smallest absolute Gasteiger partial charge is 0.238 e. The summed E-state index contributed by atoms with van der Waals surface area (Å²) >= 11 is 5.77. The fourth-order valence-electron chi connectivity index (χ4n) is 2.20. The molecule has 2 rings (SSSR count). The molecule has 0 aliphatic rings. The number of carbonyl (C=O) groups is 1. The Kier molecular flexibility index (Phi) is 6.58. The monoisotopic (exact) mass is 380 g/mol. The Labute approximate surface area is 153 Å². The molecule has 0 aromatic heterocycles. The maximum absolute atomic E-state index is 12.3. The lowest BCUT2D eigenvalue weighted by Gasteiger charge is -2.16. The number of nitrogens with zero attached hydrogens (tertiary/aromatic N) is 1. The molecule has 5 nitrogen and oxygen atoms in total. The van der Waals surface area contributed by atoms with Crippen LogP contribution in [0.4, 0.5) is 5.69 Å². The molecule has 1 amide bonds. The summed E-state index contributed by atoms with van der Waals surface area (Å²) in [5.74, 6) is -0.251. The number of aryl methyl sites for hydroxylation is 1. The van der Waals surface area contributed by atoms with Gasteiger partial charge in [-0.1, -0.05) is 29.3 Å². The number of amides is 1. The van der Waals surface area contributed by atoms with Crippen molar-refractivity contribution in [3.8, 4) is 0 Å². The third kappa shape index (κ3) is 6.16. The lowest BCUT2D eigenvalue weighted by molar-refractivity contribution is -0.117. The number of likely N-dealkylation sites (N-methyl/N-ethyl adjacent to an activating group) is 1. The van der Waals surface area contributed by atoms with Crippen LogP contribution in [0.5, 0.6) is 0 Å². The topological polar surface area (TPSA) is 66.5 Å². The molecular formula is C18H21ClN2O3S. The van der Waals surface area contributed by atoms with Gasteiger partial charge >= 0.3 is 0 Å². The minimum atomic E-state index is -3.40. The lowest BCUT2D eigenvalue weighted by Crippen LogP contribution is -2.33. The van der Waals surface area contributed by atoms with Crippen LogP contribution < -0.4 is 5.32 Å². The van der Waals surface area contributed by atoms with Crippen molar-refractivity contribution in [3.63, 3.8) is 0 Å². The number of sulfone groups is 1. The first-order valence-electron chi connectivity index (χ1n) is 7.80. The summed E-state index contributed by atoms with van der Waals surface area (Å²) in [4.78, 5) is 13.9. The fraction of sp³-hybridized carbons (Fsp3) is 0.278. The second-order valence-corrected chi connectivity index (χ2v) is 8.47. The molecule has 0 spiro atoms. The number of hydrogen-bond acceptors (Lipinski definition) is 4. The first-order valence-corrected chi connectivity index (χ1v) is 9.83. The molecule has 2 aromatic rings. The van der Waals surface area contributed by atoms with E-state index in [2.05, 4.69) is 5.32 Å². The lowest BCUT2D eigenvalue weighted by atomic mass is 10.2. The number of carbonyl (C=O) groups excluding carboxylic acids is 1. The highest BCUT2D eigenvalue weighted by atomic mass is 35.5. The summed E-state index contributed by atoms with van der Waals surface area (Å²) in [7, 11) is -1.69. The molecule has 0 aliphatic heterocycles. The molecule has 0 radical (unpaired) electrons. The SMILES string of the molecule is Cc1ccc(NC(=O)CN(C)CCS(=O)(=O)c2ccc(Cl)cc2)cc1. The second-order valence-electron chi connectivity index (χ2n) is 5.92. The standard InChI is InChI=1S/C18H21ClN2O3S/c1-14-3-7-16(8-4-14)20-18(22)13-21(2)11-12-25(23,24)17-9-5-15(19)6-10-17/h3-10H,11-13H2,1-2H3,(H,20,22). The molecular weight excluding hydrogens is 360 g/mol. The van der Waals surface area contributed by atoms with Gasteiger partial charge in [-0.25, -0.2) is 8.42 Å². The molecule has 0 saturated carbocycles. The zero-order valence-electron chi connectivity index (χ0n) is 14.2. The Bertz CT molecular complexity index is 818. The van der Waals surface area contributed by atoms with E-state index < -0.39 is 9.84 Å². The van der Waals surface area contributed by atoms with Gasteiger partial charge in [0.15, 0.2) is 9.84 Å². The zero-order chi connectivity index (χ0) is 18.4. The van der Waals surface area contributed by atoms with E-state index in [9.17, 15) is 13.2 Å². The van der Waals surface area contributed by atoms with Crippen molar-refractivity contribution in [1.82, 2.24) is 4.90 Å². The third-order valence-electron chi connectivity index (χ3n) is 3.66. The van der Waals surface area contributed by atoms with Gasteiger partial charge in [0.2, 0.25) is 5.91 Å². The van der Waals surface area contributed by atoms with Crippen molar-refractivity contribution < 1.29 is 13.2 Å². The summed E-state index contributed by atoms with van der Waals surface area (Å²) in [6.45, 7) is 2.34. The van der Waals surface area contributed by atoms with Crippen LogP contribution in [0, 0.1) is 6.92 Å². The van der Waals surface area contributed by atoms with Crippen molar-refractivity contribution in [2.75, 3.05) is 31.2 Å². The van der Waals surface area contributed by atoms with E-state index in [0.29, 0.717) is 5.02 Å². The molecule has 0 fully saturated rings. The number of rotatable bonds is 7. The number of nitrogens with one attached hydrogen (secondary N) is 1. The summed E-state index contributed by atoms with van der Waals surface area (Å²) in [5.41, 5.74) is 1.83. The van der Waals surface area contributed by atoms with E-state index in [1.54, 1.807) is 24.1 Å². The van der Waals surface area contributed by atoms with Crippen LogP contribution in [0.15, 0.2) is 53.4 Å². The molecule has 7 heteroatoms. The molecule has 0 aliphatic carbocycles. The number of halogens is 1. The van der Waals surface area contributed by atoms with Gasteiger partial charge in [0, 0.05) is 17.3 Å². The molecule has 0 saturated heterocycles. The average molecular weight is 381 g/mol. The first kappa shape index (κ1) is 19.4. The third-order valence-corrected chi connectivity index (χ3v) is 5.63. The number of hydrogen-bond donors (Lipinski definition) is 1. The number of benzene rings is 2. The van der Waals surface area contributed by atoms with E-state index in [4.69, 9.17) is 11.6 Å².